The molecule has 5 heteroatoms. The van der Waals surface area contributed by atoms with Crippen LogP contribution in [0.2, 0.25) is 0 Å². The third-order valence-electron chi connectivity index (χ3n) is 0.715. The molecule has 5 nitrogen and oxygen atoms in total. The molecule has 0 aromatic carbocycles. The molecule has 0 aliphatic rings. The Bertz CT molecular complexity index is 85.9. The molecule has 0 aliphatic heterocycles. The van der Waals surface area contributed by atoms with Crippen molar-refractivity contribution in [3.63, 3.8) is 0 Å². The van der Waals surface area contributed by atoms with E-state index < -0.39 is 6.09 Å². The molecule has 0 saturated carbocycles. The monoisotopic (exact) mass is 134 g/mol. The van der Waals surface area contributed by atoms with Gasteiger partial charge < -0.3 is 15.3 Å². The Kier molecular flexibility index (Phi) is 4.85. The van der Waals surface area contributed by atoms with Crippen LogP contribution in [0.5, 0.6) is 0 Å². The van der Waals surface area contributed by atoms with Gasteiger partial charge in [0, 0.05) is 6.54 Å². The van der Waals surface area contributed by atoms with Crippen molar-refractivity contribution in [2.75, 3.05) is 13.2 Å². The fraction of sp³-hybridized carbons (Fsp3) is 0.750. The molecule has 0 saturated heterocycles. The van der Waals surface area contributed by atoms with Crippen molar-refractivity contribution in [2.45, 2.75) is 6.42 Å². The van der Waals surface area contributed by atoms with Gasteiger partial charge in [-0.1, -0.05) is 0 Å². The van der Waals surface area contributed by atoms with Crippen molar-refractivity contribution in [3.05, 3.63) is 0 Å². The first-order valence-corrected chi connectivity index (χ1v) is 2.56. The molecule has 0 fully saturated rings. The van der Waals surface area contributed by atoms with E-state index in [0.29, 0.717) is 19.6 Å². The molecule has 4 N–H and O–H groups in total. The summed E-state index contributed by atoms with van der Waals surface area (Å²) in [6.07, 6.45) is -0.421. The number of amides is 1. The van der Waals surface area contributed by atoms with E-state index in [1.807, 2.05) is 0 Å². The van der Waals surface area contributed by atoms with E-state index in [1.165, 1.54) is 0 Å². The third-order valence-corrected chi connectivity index (χ3v) is 0.715. The van der Waals surface area contributed by atoms with Crippen molar-refractivity contribution >= 4 is 6.09 Å². The van der Waals surface area contributed by atoms with E-state index in [0.717, 1.165) is 0 Å². The molecule has 0 heterocycles. The normalized spacial score (nSPS) is 9.00. The van der Waals surface area contributed by atoms with Gasteiger partial charge in [0.15, 0.2) is 0 Å². The standard InChI is InChI=1S/C4H10N2O3/c5-9-3-1-2-6-4(7)8/h6H,1-3,5H2,(H,7,8). The van der Waals surface area contributed by atoms with Gasteiger partial charge in [-0.3, -0.25) is 0 Å². The summed E-state index contributed by atoms with van der Waals surface area (Å²) in [4.78, 5) is 14.0. The molecule has 54 valence electrons. The molecular formula is C4H10N2O3. The Morgan fingerprint density at radius 3 is 2.89 bits per heavy atom. The van der Waals surface area contributed by atoms with Crippen LogP contribution in [-0.4, -0.2) is 24.4 Å². The number of rotatable bonds is 4. The summed E-state index contributed by atoms with van der Waals surface area (Å²) in [5, 5.41) is 10.2. The zero-order valence-electron chi connectivity index (χ0n) is 4.96. The van der Waals surface area contributed by atoms with Crippen molar-refractivity contribution in [2.24, 2.45) is 5.90 Å². The fourth-order valence-corrected chi connectivity index (χ4v) is 0.351. The van der Waals surface area contributed by atoms with E-state index in [9.17, 15) is 4.79 Å². The van der Waals surface area contributed by atoms with Crippen molar-refractivity contribution in [1.82, 2.24) is 5.32 Å². The number of carboxylic acid groups (broad SMARTS) is 1. The predicted octanol–water partition coefficient (Wildman–Crippen LogP) is -0.466. The molecule has 1 amide bonds. The van der Waals surface area contributed by atoms with Crippen LogP contribution in [-0.2, 0) is 4.84 Å². The molecular weight excluding hydrogens is 124 g/mol. The van der Waals surface area contributed by atoms with Gasteiger partial charge in [0.05, 0.1) is 6.61 Å². The first kappa shape index (κ1) is 8.19. The highest BCUT2D eigenvalue weighted by Gasteiger charge is 1.90. The molecule has 0 atom stereocenters. The van der Waals surface area contributed by atoms with E-state index in [1.54, 1.807) is 0 Å². The van der Waals surface area contributed by atoms with Crippen molar-refractivity contribution < 1.29 is 14.7 Å². The summed E-state index contributed by atoms with van der Waals surface area (Å²) in [5.41, 5.74) is 0. The van der Waals surface area contributed by atoms with Crippen molar-refractivity contribution in [3.8, 4) is 0 Å². The molecule has 0 radical (unpaired) electrons. The zero-order chi connectivity index (χ0) is 7.11. The second-order valence-corrected chi connectivity index (χ2v) is 1.46. The summed E-state index contributed by atoms with van der Waals surface area (Å²) in [6, 6.07) is 0. The average molecular weight is 134 g/mol. The van der Waals surface area contributed by atoms with Gasteiger partial charge in [-0.2, -0.15) is 0 Å². The molecule has 0 bridgehead atoms. The van der Waals surface area contributed by atoms with Gasteiger partial charge in [-0.25, -0.2) is 10.7 Å². The summed E-state index contributed by atoms with van der Waals surface area (Å²) < 4.78 is 0. The maximum Gasteiger partial charge on any atom is 0.404 e. The Labute approximate surface area is 52.7 Å². The third kappa shape index (κ3) is 7.19. The first-order chi connectivity index (χ1) is 4.27. The second kappa shape index (κ2) is 5.33. The lowest BCUT2D eigenvalue weighted by atomic mass is 10.5. The summed E-state index contributed by atoms with van der Waals surface area (Å²) >= 11 is 0. The Morgan fingerprint density at radius 2 is 2.44 bits per heavy atom. The Balaban J connectivity index is 2.83. The lowest BCUT2D eigenvalue weighted by molar-refractivity contribution is 0.134. The minimum Gasteiger partial charge on any atom is -0.465 e. The molecule has 0 aromatic heterocycles. The first-order valence-electron chi connectivity index (χ1n) is 2.56. The van der Waals surface area contributed by atoms with Crippen molar-refractivity contribution in [1.29, 1.82) is 0 Å². The van der Waals surface area contributed by atoms with Crippen LogP contribution in [0, 0.1) is 0 Å². The predicted molar refractivity (Wildman–Crippen MR) is 30.8 cm³/mol. The number of hydrogen-bond acceptors (Lipinski definition) is 3. The number of carbonyl (C=O) groups is 1. The molecule has 0 spiro atoms. The molecule has 0 rings (SSSR count). The average Bonchev–Trinajstić information content (AvgIpc) is 1.80. The summed E-state index contributed by atoms with van der Waals surface area (Å²) in [6.45, 7) is 0.757. The largest absolute Gasteiger partial charge is 0.465 e. The Morgan fingerprint density at radius 1 is 1.78 bits per heavy atom. The van der Waals surface area contributed by atoms with E-state index in [-0.39, 0.29) is 0 Å². The summed E-state index contributed by atoms with van der Waals surface area (Å²) in [5.74, 6) is 4.67. The lowest BCUT2D eigenvalue weighted by Crippen LogP contribution is -2.23. The SMILES string of the molecule is NOCCCNC(=O)O. The zero-order valence-corrected chi connectivity index (χ0v) is 4.96. The molecule has 0 unspecified atom stereocenters. The van der Waals surface area contributed by atoms with E-state index in [2.05, 4.69) is 16.1 Å². The molecule has 9 heavy (non-hydrogen) atoms. The minimum absolute atomic E-state index is 0.375. The highest BCUT2D eigenvalue weighted by Crippen LogP contribution is 1.73. The van der Waals surface area contributed by atoms with Crippen LogP contribution >= 0.6 is 0 Å². The van der Waals surface area contributed by atoms with Crippen LogP contribution in [0.4, 0.5) is 4.79 Å². The van der Waals surface area contributed by atoms with Crippen LogP contribution < -0.4 is 11.2 Å². The van der Waals surface area contributed by atoms with Gasteiger partial charge in [0.1, 0.15) is 0 Å². The van der Waals surface area contributed by atoms with E-state index in [4.69, 9.17) is 5.11 Å². The van der Waals surface area contributed by atoms with Gasteiger partial charge in [0.2, 0.25) is 0 Å². The van der Waals surface area contributed by atoms with Gasteiger partial charge in [-0.15, -0.1) is 0 Å². The maximum absolute atomic E-state index is 9.78. The number of nitrogens with two attached hydrogens (primary N) is 1. The van der Waals surface area contributed by atoms with E-state index >= 15 is 0 Å². The second-order valence-electron chi connectivity index (χ2n) is 1.46. The van der Waals surface area contributed by atoms with Gasteiger partial charge in [-0.05, 0) is 6.42 Å². The number of hydrogen-bond donors (Lipinski definition) is 3. The highest BCUT2D eigenvalue weighted by atomic mass is 16.6. The van der Waals surface area contributed by atoms with Crippen LogP contribution in [0.15, 0.2) is 0 Å². The minimum atomic E-state index is -1.02. The highest BCUT2D eigenvalue weighted by molar-refractivity contribution is 5.64. The lowest BCUT2D eigenvalue weighted by Gasteiger charge is -1.97. The topological polar surface area (TPSA) is 84.6 Å². The van der Waals surface area contributed by atoms with Gasteiger partial charge >= 0.3 is 6.09 Å². The van der Waals surface area contributed by atoms with Gasteiger partial charge in [0.25, 0.3) is 0 Å². The summed E-state index contributed by atoms with van der Waals surface area (Å²) in [7, 11) is 0. The quantitative estimate of drug-likeness (QED) is 0.358. The number of nitrogens with one attached hydrogen (secondary N) is 1. The van der Waals surface area contributed by atoms with Crippen LogP contribution in [0.25, 0.3) is 0 Å². The van der Waals surface area contributed by atoms with Crippen LogP contribution in [0.1, 0.15) is 6.42 Å². The fourth-order valence-electron chi connectivity index (χ4n) is 0.351. The Hall–Kier alpha value is -0.810. The smallest absolute Gasteiger partial charge is 0.404 e. The molecule has 0 aromatic rings. The molecule has 0 aliphatic carbocycles. The maximum atomic E-state index is 9.78. The van der Waals surface area contributed by atoms with Crippen LogP contribution in [0.3, 0.4) is 0 Å².